The Hall–Kier alpha value is -0.200. The van der Waals surface area contributed by atoms with E-state index in [2.05, 4.69) is 0 Å². The number of rotatable bonds is 12. The first kappa shape index (κ1) is 18.8. The second kappa shape index (κ2) is 10.6. The summed E-state index contributed by atoms with van der Waals surface area (Å²) in [6, 6.07) is 0. The highest BCUT2D eigenvalue weighted by molar-refractivity contribution is 4.66. The van der Waals surface area contributed by atoms with Crippen LogP contribution in [-0.4, -0.2) is 44.2 Å². The summed E-state index contributed by atoms with van der Waals surface area (Å²) in [6.45, 7) is 2.01. The summed E-state index contributed by atoms with van der Waals surface area (Å²) in [5.41, 5.74) is 0. The van der Waals surface area contributed by atoms with Gasteiger partial charge in [-0.3, -0.25) is 0 Å². The molecule has 0 spiro atoms. The van der Waals surface area contributed by atoms with Crippen LogP contribution in [0.5, 0.6) is 0 Å². The Morgan fingerprint density at radius 1 is 0.895 bits per heavy atom. The molecular formula is C14H30O5. The van der Waals surface area contributed by atoms with Crippen LogP contribution < -0.4 is 0 Å². The lowest BCUT2D eigenvalue weighted by atomic mass is 9.95. The smallest absolute Gasteiger partial charge is 0.275 e. The zero-order chi connectivity index (χ0) is 14.7. The second-order valence-corrected chi connectivity index (χ2v) is 5.35. The maximum atomic E-state index is 9.80. The first-order chi connectivity index (χ1) is 8.90. The molecule has 0 rings (SSSR count). The van der Waals surface area contributed by atoms with E-state index in [0.29, 0.717) is 6.42 Å². The maximum Gasteiger partial charge on any atom is 0.275 e. The third kappa shape index (κ3) is 11.3. The Labute approximate surface area is 115 Å². The second-order valence-electron chi connectivity index (χ2n) is 5.35. The van der Waals surface area contributed by atoms with Crippen LogP contribution in [0.3, 0.4) is 0 Å². The molecule has 5 heteroatoms. The Morgan fingerprint density at radius 2 is 1.42 bits per heavy atom. The van der Waals surface area contributed by atoms with Gasteiger partial charge in [-0.15, -0.1) is 0 Å². The van der Waals surface area contributed by atoms with Crippen molar-refractivity contribution in [2.24, 2.45) is 5.92 Å². The molecule has 0 amide bonds. The van der Waals surface area contributed by atoms with Gasteiger partial charge < -0.3 is 25.5 Å². The lowest BCUT2D eigenvalue weighted by Crippen LogP contribution is -2.26. The lowest BCUT2D eigenvalue weighted by Gasteiger charge is -2.19. The highest BCUT2D eigenvalue weighted by Crippen LogP contribution is 2.16. The Morgan fingerprint density at radius 3 is 1.89 bits per heavy atom. The summed E-state index contributed by atoms with van der Waals surface area (Å²) in [6.07, 6.45) is 6.56. The largest absolute Gasteiger partial charge is 0.396 e. The fourth-order valence-corrected chi connectivity index (χ4v) is 2.18. The molecule has 0 aromatic carbocycles. The molecule has 0 saturated carbocycles. The van der Waals surface area contributed by atoms with Crippen molar-refractivity contribution in [1.82, 2.24) is 0 Å². The third-order valence-electron chi connectivity index (χ3n) is 3.57. The quantitative estimate of drug-likeness (QED) is 0.272. The van der Waals surface area contributed by atoms with E-state index < -0.39 is 12.1 Å². The van der Waals surface area contributed by atoms with Gasteiger partial charge >= 0.3 is 0 Å². The fourth-order valence-electron chi connectivity index (χ4n) is 2.18. The van der Waals surface area contributed by atoms with E-state index in [1.54, 1.807) is 0 Å². The first-order valence-corrected chi connectivity index (χ1v) is 7.36. The predicted octanol–water partition coefficient (Wildman–Crippen LogP) is 1.12. The Bertz CT molecular complexity index is 199. The molecule has 5 nitrogen and oxygen atoms in total. The highest BCUT2D eigenvalue weighted by Gasteiger charge is 2.17. The molecule has 19 heavy (non-hydrogen) atoms. The zero-order valence-corrected chi connectivity index (χ0v) is 12.0. The van der Waals surface area contributed by atoms with Crippen LogP contribution in [0.1, 0.15) is 64.7 Å². The van der Waals surface area contributed by atoms with Crippen molar-refractivity contribution in [3.8, 4) is 0 Å². The standard InChI is InChI=1S/C14H30O5/c1-2-12(11-15)13(16)9-7-5-3-4-6-8-10-14(17,18)19/h12-13,15-19H,2-11H2,1H3. The van der Waals surface area contributed by atoms with Gasteiger partial charge in [-0.05, 0) is 19.3 Å². The zero-order valence-electron chi connectivity index (χ0n) is 12.0. The molecular weight excluding hydrogens is 248 g/mol. The lowest BCUT2D eigenvalue weighted by molar-refractivity contribution is -0.315. The van der Waals surface area contributed by atoms with E-state index in [0.717, 1.165) is 44.9 Å². The molecule has 0 aliphatic heterocycles. The van der Waals surface area contributed by atoms with Gasteiger partial charge in [0.15, 0.2) is 0 Å². The van der Waals surface area contributed by atoms with Crippen LogP contribution >= 0.6 is 0 Å². The molecule has 0 radical (unpaired) electrons. The Balaban J connectivity index is 3.36. The number of hydrogen-bond acceptors (Lipinski definition) is 5. The molecule has 0 aromatic rings. The summed E-state index contributed by atoms with van der Waals surface area (Å²) >= 11 is 0. The highest BCUT2D eigenvalue weighted by atomic mass is 16.7. The van der Waals surface area contributed by atoms with E-state index in [-0.39, 0.29) is 18.9 Å². The van der Waals surface area contributed by atoms with Crippen LogP contribution in [0.25, 0.3) is 0 Å². The van der Waals surface area contributed by atoms with Crippen LogP contribution in [0.15, 0.2) is 0 Å². The molecule has 2 atom stereocenters. The summed E-state index contributed by atoms with van der Waals surface area (Å²) in [5, 5.41) is 44.9. The molecule has 0 fully saturated rings. The van der Waals surface area contributed by atoms with E-state index in [1.807, 2.05) is 6.92 Å². The molecule has 2 unspecified atom stereocenters. The van der Waals surface area contributed by atoms with Crippen molar-refractivity contribution in [3.63, 3.8) is 0 Å². The van der Waals surface area contributed by atoms with Crippen molar-refractivity contribution in [2.75, 3.05) is 6.61 Å². The van der Waals surface area contributed by atoms with E-state index in [4.69, 9.17) is 20.4 Å². The summed E-state index contributed by atoms with van der Waals surface area (Å²) < 4.78 is 0. The first-order valence-electron chi connectivity index (χ1n) is 7.36. The minimum Gasteiger partial charge on any atom is -0.396 e. The Kier molecular flexibility index (Phi) is 10.5. The van der Waals surface area contributed by atoms with E-state index in [9.17, 15) is 5.11 Å². The molecule has 0 saturated heterocycles. The fraction of sp³-hybridized carbons (Fsp3) is 1.00. The van der Waals surface area contributed by atoms with Crippen LogP contribution in [0.4, 0.5) is 0 Å². The molecule has 0 heterocycles. The van der Waals surface area contributed by atoms with Gasteiger partial charge in [0.25, 0.3) is 5.97 Å². The maximum absolute atomic E-state index is 9.80. The number of aliphatic hydroxyl groups is 5. The van der Waals surface area contributed by atoms with Crippen LogP contribution in [-0.2, 0) is 0 Å². The predicted molar refractivity (Wildman–Crippen MR) is 73.2 cm³/mol. The average molecular weight is 278 g/mol. The van der Waals surface area contributed by atoms with Gasteiger partial charge in [-0.25, -0.2) is 0 Å². The molecule has 0 bridgehead atoms. The monoisotopic (exact) mass is 278 g/mol. The minimum absolute atomic E-state index is 0.00761. The van der Waals surface area contributed by atoms with Crippen molar-refractivity contribution in [1.29, 1.82) is 0 Å². The van der Waals surface area contributed by atoms with Gasteiger partial charge in [0, 0.05) is 18.9 Å². The van der Waals surface area contributed by atoms with Crippen LogP contribution in [0, 0.1) is 5.92 Å². The average Bonchev–Trinajstić information content (AvgIpc) is 2.32. The SMILES string of the molecule is CCC(CO)C(O)CCCCCCCCC(O)(O)O. The van der Waals surface area contributed by atoms with Crippen molar-refractivity contribution in [3.05, 3.63) is 0 Å². The minimum atomic E-state index is -2.52. The summed E-state index contributed by atoms with van der Waals surface area (Å²) in [5.74, 6) is -2.53. The van der Waals surface area contributed by atoms with Crippen molar-refractivity contribution in [2.45, 2.75) is 76.8 Å². The molecule has 0 aliphatic carbocycles. The van der Waals surface area contributed by atoms with Gasteiger partial charge in [0.2, 0.25) is 0 Å². The van der Waals surface area contributed by atoms with Crippen LogP contribution in [0.2, 0.25) is 0 Å². The number of hydrogen-bond donors (Lipinski definition) is 5. The summed E-state index contributed by atoms with van der Waals surface area (Å²) in [7, 11) is 0. The van der Waals surface area contributed by atoms with Gasteiger partial charge in [-0.2, -0.15) is 0 Å². The van der Waals surface area contributed by atoms with Crippen molar-refractivity contribution >= 4 is 0 Å². The third-order valence-corrected chi connectivity index (χ3v) is 3.57. The molecule has 0 aliphatic rings. The topological polar surface area (TPSA) is 101 Å². The number of unbranched alkanes of at least 4 members (excludes halogenated alkanes) is 5. The van der Waals surface area contributed by atoms with Gasteiger partial charge in [0.1, 0.15) is 0 Å². The van der Waals surface area contributed by atoms with E-state index in [1.165, 1.54) is 0 Å². The van der Waals surface area contributed by atoms with Gasteiger partial charge in [-0.1, -0.05) is 39.0 Å². The van der Waals surface area contributed by atoms with Gasteiger partial charge in [0.05, 0.1) is 6.10 Å². The van der Waals surface area contributed by atoms with Crippen molar-refractivity contribution < 1.29 is 25.5 Å². The number of aliphatic hydroxyl groups excluding tert-OH is 2. The molecule has 5 N–H and O–H groups in total. The van der Waals surface area contributed by atoms with E-state index >= 15 is 0 Å². The molecule has 0 aromatic heterocycles. The molecule has 116 valence electrons. The summed E-state index contributed by atoms with van der Waals surface area (Å²) in [4.78, 5) is 0. The normalized spacial score (nSPS) is 15.5.